The zero-order valence-corrected chi connectivity index (χ0v) is 19.2. The highest BCUT2D eigenvalue weighted by Crippen LogP contribution is 2.52. The maximum atomic E-state index is 13.0. The third-order valence-electron chi connectivity index (χ3n) is 6.46. The number of hydrogen-bond donors (Lipinski definition) is 1. The summed E-state index contributed by atoms with van der Waals surface area (Å²) in [4.78, 5) is 15.2. The zero-order valence-electron chi connectivity index (χ0n) is 19.2. The van der Waals surface area contributed by atoms with E-state index in [1.54, 1.807) is 19.2 Å². The van der Waals surface area contributed by atoms with E-state index in [-0.39, 0.29) is 5.75 Å². The molecule has 5 nitrogen and oxygen atoms in total. The van der Waals surface area contributed by atoms with Crippen molar-refractivity contribution < 1.29 is 19.4 Å². The summed E-state index contributed by atoms with van der Waals surface area (Å²) in [5, 5.41) is 11.3. The van der Waals surface area contributed by atoms with E-state index in [0.717, 1.165) is 29.9 Å². The second kappa shape index (κ2) is 8.23. The molecule has 0 aliphatic carbocycles. The van der Waals surface area contributed by atoms with Crippen LogP contribution in [0.1, 0.15) is 52.0 Å². The number of carbonyl (C=O) groups is 1. The predicted octanol–water partition coefficient (Wildman–Crippen LogP) is 5.33. The Morgan fingerprint density at radius 2 is 1.62 bits per heavy atom. The van der Waals surface area contributed by atoms with Crippen molar-refractivity contribution >= 4 is 11.7 Å². The van der Waals surface area contributed by atoms with E-state index in [2.05, 4.69) is 18.7 Å². The first kappa shape index (κ1) is 21.8. The third-order valence-corrected chi connectivity index (χ3v) is 6.46. The molecule has 3 aromatic carbocycles. The quantitative estimate of drug-likeness (QED) is 0.535. The molecule has 1 heterocycles. The maximum Gasteiger partial charge on any atom is 0.340 e. The van der Waals surface area contributed by atoms with Gasteiger partial charge in [-0.15, -0.1) is 0 Å². The standard InChI is InChI=1S/C27H29NO4/c1-6-28(7-2)19-12-13-22(24(29)16-19)27(21-11-9-8-10-20(21)26(30)32-27)23-14-17(3)18(4)15-25(23)31-5/h8-16,29H,6-7H2,1-5H3. The molecule has 166 valence electrons. The fraction of sp³-hybridized carbons (Fsp3) is 0.296. The number of carbonyl (C=O) groups excluding carboxylic acids is 1. The number of phenols is 1. The summed E-state index contributed by atoms with van der Waals surface area (Å²) in [6.45, 7) is 9.82. The first-order valence-electron chi connectivity index (χ1n) is 10.9. The van der Waals surface area contributed by atoms with Crippen LogP contribution in [0.3, 0.4) is 0 Å². The van der Waals surface area contributed by atoms with Crippen molar-refractivity contribution in [2.75, 3.05) is 25.1 Å². The Morgan fingerprint density at radius 1 is 0.938 bits per heavy atom. The molecule has 0 bridgehead atoms. The molecule has 1 aliphatic heterocycles. The van der Waals surface area contributed by atoms with Crippen molar-refractivity contribution in [3.8, 4) is 11.5 Å². The Bertz CT molecular complexity index is 1180. The van der Waals surface area contributed by atoms with Gasteiger partial charge >= 0.3 is 5.97 Å². The Morgan fingerprint density at radius 3 is 2.28 bits per heavy atom. The number of anilines is 1. The molecule has 0 radical (unpaired) electrons. The van der Waals surface area contributed by atoms with Crippen molar-refractivity contribution in [3.63, 3.8) is 0 Å². The van der Waals surface area contributed by atoms with Gasteiger partial charge in [-0.05, 0) is 69.2 Å². The Hall–Kier alpha value is -3.47. The molecule has 0 saturated carbocycles. The van der Waals surface area contributed by atoms with Crippen molar-refractivity contribution in [1.82, 2.24) is 0 Å². The fourth-order valence-electron chi connectivity index (χ4n) is 4.60. The topological polar surface area (TPSA) is 59.0 Å². The number of cyclic esters (lactones) is 1. The lowest BCUT2D eigenvalue weighted by Gasteiger charge is -2.33. The van der Waals surface area contributed by atoms with E-state index in [9.17, 15) is 9.90 Å². The SMILES string of the molecule is CCN(CC)c1ccc(C2(c3cc(C)c(C)cc3OC)OC(=O)c3ccccc32)c(O)c1. The molecule has 0 fully saturated rings. The van der Waals surface area contributed by atoms with Crippen molar-refractivity contribution in [1.29, 1.82) is 0 Å². The second-order valence-electron chi connectivity index (χ2n) is 8.13. The van der Waals surface area contributed by atoms with E-state index >= 15 is 0 Å². The molecular weight excluding hydrogens is 402 g/mol. The van der Waals surface area contributed by atoms with Gasteiger partial charge in [0.1, 0.15) is 11.5 Å². The minimum atomic E-state index is -1.32. The summed E-state index contributed by atoms with van der Waals surface area (Å²) >= 11 is 0. The van der Waals surface area contributed by atoms with Crippen LogP contribution >= 0.6 is 0 Å². The first-order valence-corrected chi connectivity index (χ1v) is 10.9. The molecule has 1 unspecified atom stereocenters. The van der Waals surface area contributed by atoms with Gasteiger partial charge in [-0.3, -0.25) is 0 Å². The molecule has 4 rings (SSSR count). The summed E-state index contributed by atoms with van der Waals surface area (Å²) in [5.41, 5.74) is 4.08. The maximum absolute atomic E-state index is 13.0. The number of nitrogens with zero attached hydrogens (tertiary/aromatic N) is 1. The highest BCUT2D eigenvalue weighted by Gasteiger charge is 2.51. The third kappa shape index (κ3) is 3.20. The zero-order chi connectivity index (χ0) is 23.0. The normalized spacial score (nSPS) is 17.1. The van der Waals surface area contributed by atoms with E-state index in [0.29, 0.717) is 28.0 Å². The summed E-state index contributed by atoms with van der Waals surface area (Å²) in [7, 11) is 1.60. The van der Waals surface area contributed by atoms with Crippen LogP contribution in [0, 0.1) is 13.8 Å². The van der Waals surface area contributed by atoms with Crippen LogP contribution in [0.4, 0.5) is 5.69 Å². The minimum absolute atomic E-state index is 0.0687. The lowest BCUT2D eigenvalue weighted by atomic mass is 9.78. The molecule has 0 saturated heterocycles. The Kier molecular flexibility index (Phi) is 5.59. The van der Waals surface area contributed by atoms with Gasteiger partial charge in [0, 0.05) is 41.5 Å². The average molecular weight is 432 g/mol. The number of aryl methyl sites for hydroxylation is 2. The second-order valence-corrected chi connectivity index (χ2v) is 8.13. The summed E-state index contributed by atoms with van der Waals surface area (Å²) < 4.78 is 11.9. The molecule has 0 aromatic heterocycles. The van der Waals surface area contributed by atoms with Gasteiger partial charge in [-0.1, -0.05) is 18.2 Å². The predicted molar refractivity (Wildman–Crippen MR) is 126 cm³/mol. The number of esters is 1. The van der Waals surface area contributed by atoms with E-state index in [1.807, 2.05) is 56.3 Å². The van der Waals surface area contributed by atoms with Crippen LogP contribution in [0.5, 0.6) is 11.5 Å². The first-order chi connectivity index (χ1) is 15.4. The number of hydrogen-bond acceptors (Lipinski definition) is 5. The molecule has 0 spiro atoms. The van der Waals surface area contributed by atoms with Crippen molar-refractivity contribution in [2.24, 2.45) is 0 Å². The fourth-order valence-corrected chi connectivity index (χ4v) is 4.60. The molecule has 5 heteroatoms. The molecule has 1 atom stereocenters. The van der Waals surface area contributed by atoms with Crippen LogP contribution in [-0.4, -0.2) is 31.3 Å². The summed E-state index contributed by atoms with van der Waals surface area (Å²) in [6.07, 6.45) is 0. The van der Waals surface area contributed by atoms with Gasteiger partial charge in [0.25, 0.3) is 0 Å². The van der Waals surface area contributed by atoms with Gasteiger partial charge in [0.05, 0.1) is 12.7 Å². The molecule has 3 aromatic rings. The highest BCUT2D eigenvalue weighted by molar-refractivity contribution is 5.96. The summed E-state index contributed by atoms with van der Waals surface area (Å²) in [5.74, 6) is 0.247. The molecule has 1 aliphatic rings. The van der Waals surface area contributed by atoms with Crippen LogP contribution in [0.25, 0.3) is 0 Å². The lowest BCUT2D eigenvalue weighted by Crippen LogP contribution is -2.31. The lowest BCUT2D eigenvalue weighted by molar-refractivity contribution is 0.0239. The number of ether oxygens (including phenoxy) is 2. The number of aromatic hydroxyl groups is 1. The highest BCUT2D eigenvalue weighted by atomic mass is 16.6. The van der Waals surface area contributed by atoms with E-state index < -0.39 is 11.6 Å². The number of phenolic OH excluding ortho intramolecular Hbond substituents is 1. The number of fused-ring (bicyclic) bond motifs is 1. The monoisotopic (exact) mass is 431 g/mol. The Balaban J connectivity index is 2.05. The van der Waals surface area contributed by atoms with E-state index in [1.165, 1.54) is 0 Å². The van der Waals surface area contributed by atoms with Crippen LogP contribution in [0.15, 0.2) is 54.6 Å². The van der Waals surface area contributed by atoms with Gasteiger partial charge < -0.3 is 19.5 Å². The van der Waals surface area contributed by atoms with Gasteiger partial charge in [-0.25, -0.2) is 4.79 Å². The molecular formula is C27H29NO4. The van der Waals surface area contributed by atoms with Gasteiger partial charge in [0.2, 0.25) is 0 Å². The number of rotatable bonds is 6. The number of methoxy groups -OCH3 is 1. The molecule has 1 N–H and O–H groups in total. The van der Waals surface area contributed by atoms with Crippen LogP contribution in [-0.2, 0) is 10.3 Å². The van der Waals surface area contributed by atoms with E-state index in [4.69, 9.17) is 9.47 Å². The minimum Gasteiger partial charge on any atom is -0.507 e. The molecule has 32 heavy (non-hydrogen) atoms. The largest absolute Gasteiger partial charge is 0.507 e. The average Bonchev–Trinajstić information content (AvgIpc) is 3.09. The Labute approximate surface area is 189 Å². The summed E-state index contributed by atoms with van der Waals surface area (Å²) in [6, 6.07) is 16.8. The van der Waals surface area contributed by atoms with Crippen LogP contribution < -0.4 is 9.64 Å². The molecule has 0 amide bonds. The van der Waals surface area contributed by atoms with Gasteiger partial charge in [0.15, 0.2) is 5.60 Å². The van der Waals surface area contributed by atoms with Gasteiger partial charge in [-0.2, -0.15) is 0 Å². The van der Waals surface area contributed by atoms with Crippen molar-refractivity contribution in [2.45, 2.75) is 33.3 Å². The van der Waals surface area contributed by atoms with Crippen LogP contribution in [0.2, 0.25) is 0 Å². The number of benzene rings is 3. The van der Waals surface area contributed by atoms with Crippen molar-refractivity contribution in [3.05, 3.63) is 88.0 Å². The smallest absolute Gasteiger partial charge is 0.340 e.